The summed E-state index contributed by atoms with van der Waals surface area (Å²) in [5.74, 6) is -2.83. The van der Waals surface area contributed by atoms with Crippen LogP contribution in [-0.4, -0.2) is 0 Å². The number of halogens is 32. The van der Waals surface area contributed by atoms with Crippen LogP contribution < -0.4 is 0 Å². The molecule has 0 aliphatic rings. The second-order valence-electron chi connectivity index (χ2n) is 20.8. The van der Waals surface area contributed by atoms with Gasteiger partial charge in [-0.25, -0.2) is 13.2 Å². The predicted octanol–water partition coefficient (Wildman–Crippen LogP) is 31.0. The van der Waals surface area contributed by atoms with Crippen LogP contribution in [0.1, 0.15) is 100 Å². The quantitative estimate of drug-likeness (QED) is 0.133. The maximum Gasteiger partial charge on any atom is 0.419 e. The Morgan fingerprint density at radius 3 is 0.837 bits per heavy atom. The zero-order valence-corrected chi connectivity index (χ0v) is 61.5. The summed E-state index contributed by atoms with van der Waals surface area (Å²) in [5.41, 5.74) is -0.224. The summed E-state index contributed by atoms with van der Waals surface area (Å²) in [6.45, 7) is 18.8. The molecule has 540 valence electrons. The summed E-state index contributed by atoms with van der Waals surface area (Å²) < 4.78 is 259. The highest BCUT2D eigenvalue weighted by atomic mass is 79.9. The van der Waals surface area contributed by atoms with Crippen molar-refractivity contribution in [3.63, 3.8) is 0 Å². The summed E-state index contributed by atoms with van der Waals surface area (Å²) in [6.07, 6.45) is -26.8. The summed E-state index contributed by atoms with van der Waals surface area (Å²) in [7, 11) is 0. The molecule has 0 radical (unpaired) electrons. The third kappa shape index (κ3) is 29.6. The van der Waals surface area contributed by atoms with Crippen molar-refractivity contribution in [1.82, 2.24) is 0 Å². The number of hydrogen-bond donors (Lipinski definition) is 0. The highest BCUT2D eigenvalue weighted by molar-refractivity contribution is 9.10. The highest BCUT2D eigenvalue weighted by Gasteiger charge is 2.39. The topological polar surface area (TPSA) is 0 Å². The molecule has 8 aromatic rings. The maximum absolute atomic E-state index is 12.9. The Kier molecular flexibility index (Phi) is 35.3. The Hall–Kier alpha value is -4.33. The van der Waals surface area contributed by atoms with Gasteiger partial charge >= 0.3 is 37.1 Å². The van der Waals surface area contributed by atoms with Crippen LogP contribution in [0, 0.1) is 101 Å². The molecule has 0 atom stereocenters. The number of rotatable bonds is 0. The van der Waals surface area contributed by atoms with Gasteiger partial charge in [-0.1, -0.05) is 116 Å². The van der Waals surface area contributed by atoms with E-state index in [0.29, 0.717) is 44.4 Å². The van der Waals surface area contributed by atoms with E-state index in [0.717, 1.165) is 64.0 Å². The molecule has 0 spiro atoms. The maximum atomic E-state index is 12.9. The van der Waals surface area contributed by atoms with Crippen LogP contribution in [0.25, 0.3) is 0 Å². The summed E-state index contributed by atoms with van der Waals surface area (Å²) in [4.78, 5) is 0. The molecule has 0 unspecified atom stereocenters. The van der Waals surface area contributed by atoms with E-state index in [1.165, 1.54) is 71.0 Å². The standard InChI is InChI=1S/2C9H8ClF3.C8H5BrClF3.C8H5Cl2F3.C8H8Cl2.2C8H5ClF4.C8H8ClF/c1-5-3-7(10)4-8(6(5)2)9(11,12)13;1-5-3-7(10)4-6(2)8(5)9(11,12)13;1-4-2-5(10)3-6(7(4)9)8(11,12)13;1-4-2-5(9)3-6(7(4)10)8(11,12)13;1-5-3-7(9)4-6(2)8(5)10;1-4-2-5(9)3-6(10)7(4)8(11,12)13;1-4-2-5(9)3-6(7(4)10)8(11,12)13;1-5-3-7(9)4-8(10)6(5)2/h2*3-4H,1-2H3;2*2-3H,1H3;3-4H,1-2H3;2*2-3H,1H3;3-4H,1-2H3. The van der Waals surface area contributed by atoms with Gasteiger partial charge in [0.2, 0.25) is 0 Å². The van der Waals surface area contributed by atoms with Crippen LogP contribution in [0.5, 0.6) is 0 Å². The fourth-order valence-electron chi connectivity index (χ4n) is 7.99. The molecule has 0 heterocycles. The molecule has 0 amide bonds. The molecule has 0 aliphatic heterocycles. The predicted molar refractivity (Wildman–Crippen MR) is 356 cm³/mol. The first-order valence-electron chi connectivity index (χ1n) is 26.8. The average Bonchev–Trinajstić information content (AvgIpc) is 0.845. The first kappa shape index (κ1) is 91.7. The Balaban J connectivity index is 0.000000561. The molecular formula is C66H52BrCl10F21. The van der Waals surface area contributed by atoms with E-state index in [2.05, 4.69) is 15.9 Å². The van der Waals surface area contributed by atoms with Crippen LogP contribution in [0.4, 0.5) is 92.2 Å². The van der Waals surface area contributed by atoms with Crippen molar-refractivity contribution >= 4 is 132 Å². The normalized spacial score (nSPS) is 11.5. The van der Waals surface area contributed by atoms with Crippen molar-refractivity contribution in [1.29, 1.82) is 0 Å². The number of alkyl halides is 18. The van der Waals surface area contributed by atoms with E-state index in [1.54, 1.807) is 26.8 Å². The Bertz CT molecular complexity index is 3560. The number of benzene rings is 8. The van der Waals surface area contributed by atoms with Crippen molar-refractivity contribution in [2.75, 3.05) is 0 Å². The lowest BCUT2D eigenvalue weighted by molar-refractivity contribution is -0.141. The van der Waals surface area contributed by atoms with E-state index < -0.39 is 82.1 Å². The van der Waals surface area contributed by atoms with Gasteiger partial charge in [-0.05, 0) is 263 Å². The van der Waals surface area contributed by atoms with Crippen molar-refractivity contribution in [2.24, 2.45) is 0 Å². The van der Waals surface area contributed by atoms with Gasteiger partial charge < -0.3 is 0 Å². The van der Waals surface area contributed by atoms with E-state index in [9.17, 15) is 92.2 Å². The molecule has 8 rings (SSSR count). The minimum atomic E-state index is -4.69. The molecule has 32 heteroatoms. The number of aryl methyl sites for hydroxylation is 10. The minimum Gasteiger partial charge on any atom is -0.207 e. The van der Waals surface area contributed by atoms with Gasteiger partial charge in [0.15, 0.2) is 0 Å². The van der Waals surface area contributed by atoms with Crippen LogP contribution >= 0.6 is 132 Å². The number of hydrogen-bond acceptors (Lipinski definition) is 0. The minimum absolute atomic E-state index is 0.0363. The molecule has 0 aromatic heterocycles. The second-order valence-corrected chi connectivity index (χ2v) is 25.9. The zero-order chi connectivity index (χ0) is 76.8. The van der Waals surface area contributed by atoms with Gasteiger partial charge in [0.1, 0.15) is 17.5 Å². The lowest BCUT2D eigenvalue weighted by atomic mass is 10.0. The molecule has 0 saturated carbocycles. The Morgan fingerprint density at radius 2 is 0.490 bits per heavy atom. The van der Waals surface area contributed by atoms with Crippen molar-refractivity contribution in [2.45, 2.75) is 120 Å². The molecule has 0 fully saturated rings. The van der Waals surface area contributed by atoms with Gasteiger partial charge in [0.25, 0.3) is 0 Å². The lowest BCUT2D eigenvalue weighted by Gasteiger charge is -2.13. The molecule has 0 aliphatic carbocycles. The monoisotopic (exact) mass is 1670 g/mol. The Labute approximate surface area is 609 Å². The fraction of sp³-hybridized carbons (Fsp3) is 0.273. The fourth-order valence-corrected chi connectivity index (χ4v) is 11.0. The molecular weight excluding hydrogens is 1630 g/mol. The zero-order valence-electron chi connectivity index (χ0n) is 52.3. The third-order valence-electron chi connectivity index (χ3n) is 12.8. The summed E-state index contributed by atoms with van der Waals surface area (Å²) >= 11 is 58.4. The third-order valence-corrected chi connectivity index (χ3v) is 16.7. The van der Waals surface area contributed by atoms with E-state index in [1.807, 2.05) is 32.9 Å². The summed E-state index contributed by atoms with van der Waals surface area (Å²) in [6, 6.07) is 19.9. The smallest absolute Gasteiger partial charge is 0.207 e. The molecule has 98 heavy (non-hydrogen) atoms. The van der Waals surface area contributed by atoms with Gasteiger partial charge in [-0.2, -0.15) is 79.0 Å². The van der Waals surface area contributed by atoms with E-state index in [4.69, 9.17) is 116 Å². The molecule has 0 N–H and O–H groups in total. The van der Waals surface area contributed by atoms with Crippen molar-refractivity contribution in [3.8, 4) is 0 Å². The van der Waals surface area contributed by atoms with E-state index in [-0.39, 0.29) is 68.2 Å². The Morgan fingerprint density at radius 1 is 0.235 bits per heavy atom. The molecule has 0 saturated heterocycles. The average molecular weight is 1680 g/mol. The molecule has 8 aromatic carbocycles. The molecule has 0 nitrogen and oxygen atoms in total. The van der Waals surface area contributed by atoms with Gasteiger partial charge in [-0.15, -0.1) is 0 Å². The van der Waals surface area contributed by atoms with Crippen molar-refractivity contribution < 1.29 is 92.2 Å². The first-order chi connectivity index (χ1) is 44.1. The first-order valence-corrected chi connectivity index (χ1v) is 31.4. The van der Waals surface area contributed by atoms with Gasteiger partial charge in [0, 0.05) is 49.7 Å². The van der Waals surface area contributed by atoms with Crippen molar-refractivity contribution in [3.05, 3.63) is 269 Å². The highest BCUT2D eigenvalue weighted by Crippen LogP contribution is 2.42. The van der Waals surface area contributed by atoms with Crippen LogP contribution in [0.3, 0.4) is 0 Å². The van der Waals surface area contributed by atoms with Gasteiger partial charge in [-0.3, -0.25) is 0 Å². The van der Waals surface area contributed by atoms with Gasteiger partial charge in [0.05, 0.1) is 38.4 Å². The van der Waals surface area contributed by atoms with Crippen LogP contribution in [0.15, 0.2) is 102 Å². The summed E-state index contributed by atoms with van der Waals surface area (Å²) in [5, 5.41) is 2.15. The van der Waals surface area contributed by atoms with Crippen LogP contribution in [-0.2, 0) is 37.1 Å². The SMILES string of the molecule is Cc1cc(Cl)cc(C(F)(F)F)c1Br.Cc1cc(Cl)cc(C(F)(F)F)c1C.Cc1cc(Cl)cc(C(F)(F)F)c1Cl.Cc1cc(Cl)cc(C(F)(F)F)c1F.Cc1cc(Cl)cc(C)c1C(F)(F)F.Cc1cc(Cl)cc(C)c1Cl.Cc1cc(Cl)cc(F)c1C.Cc1cc(Cl)cc(F)c1C(F)(F)F. The molecule has 0 bridgehead atoms. The van der Waals surface area contributed by atoms with E-state index >= 15 is 0 Å². The largest absolute Gasteiger partial charge is 0.419 e. The lowest BCUT2D eigenvalue weighted by Crippen LogP contribution is -2.10. The van der Waals surface area contributed by atoms with Crippen LogP contribution in [0.2, 0.25) is 50.2 Å². The second kappa shape index (κ2) is 37.7.